The van der Waals surface area contributed by atoms with Crippen molar-refractivity contribution < 1.29 is 9.90 Å². The molecule has 0 unspecified atom stereocenters. The highest BCUT2D eigenvalue weighted by Crippen LogP contribution is 2.27. The molecular weight excluding hydrogens is 336 g/mol. The van der Waals surface area contributed by atoms with E-state index in [1.807, 2.05) is 11.4 Å². The molecule has 0 fully saturated rings. The van der Waals surface area contributed by atoms with Gasteiger partial charge >= 0.3 is 5.97 Å². The molecule has 0 atom stereocenters. The number of carbonyl (C=O) groups is 1. The van der Waals surface area contributed by atoms with Crippen LogP contribution in [-0.4, -0.2) is 11.1 Å². The third-order valence-electron chi connectivity index (χ3n) is 2.27. The summed E-state index contributed by atoms with van der Waals surface area (Å²) in [4.78, 5) is 12.0. The number of hydrogen-bond acceptors (Lipinski definition) is 2. The van der Waals surface area contributed by atoms with Gasteiger partial charge in [-0.2, -0.15) is 0 Å². The van der Waals surface area contributed by atoms with Gasteiger partial charge in [0.25, 0.3) is 0 Å². The van der Waals surface area contributed by atoms with Crippen molar-refractivity contribution in [3.8, 4) is 0 Å². The summed E-state index contributed by atoms with van der Waals surface area (Å²) in [5.74, 6) is -0.941. The number of thiophene rings is 1. The average molecular weight is 344 g/mol. The Morgan fingerprint density at radius 1 is 1.39 bits per heavy atom. The lowest BCUT2D eigenvalue weighted by Crippen LogP contribution is -1.97. The zero-order valence-electron chi connectivity index (χ0n) is 9.06. The van der Waals surface area contributed by atoms with E-state index in [1.54, 1.807) is 30.3 Å². The van der Waals surface area contributed by atoms with Crippen molar-refractivity contribution in [3.05, 3.63) is 55.6 Å². The number of rotatable bonds is 3. The van der Waals surface area contributed by atoms with Crippen molar-refractivity contribution in [2.45, 2.75) is 0 Å². The molecule has 0 aliphatic heterocycles. The first-order chi connectivity index (χ1) is 8.58. The molecule has 2 rings (SSSR count). The lowest BCUT2D eigenvalue weighted by Gasteiger charge is -2.01. The number of halogens is 2. The Balaban J connectivity index is 2.45. The van der Waals surface area contributed by atoms with Gasteiger partial charge in [0.05, 0.1) is 10.6 Å². The summed E-state index contributed by atoms with van der Waals surface area (Å²) in [6.07, 6.45) is 1.63. The molecule has 1 aromatic carbocycles. The molecule has 0 spiro atoms. The van der Waals surface area contributed by atoms with Crippen LogP contribution in [0.25, 0.3) is 11.6 Å². The third kappa shape index (κ3) is 3.02. The molecule has 0 aliphatic rings. The highest BCUT2D eigenvalue weighted by molar-refractivity contribution is 9.10. The van der Waals surface area contributed by atoms with Crippen LogP contribution in [0.2, 0.25) is 5.02 Å². The molecule has 0 bridgehead atoms. The molecule has 5 heteroatoms. The van der Waals surface area contributed by atoms with E-state index in [0.717, 1.165) is 14.9 Å². The van der Waals surface area contributed by atoms with Crippen LogP contribution in [0.5, 0.6) is 0 Å². The summed E-state index contributed by atoms with van der Waals surface area (Å²) in [7, 11) is 0. The molecule has 0 saturated heterocycles. The van der Waals surface area contributed by atoms with Gasteiger partial charge in [-0.1, -0.05) is 23.7 Å². The number of carboxylic acid groups (broad SMARTS) is 1. The molecule has 0 aliphatic carbocycles. The Morgan fingerprint density at radius 3 is 2.72 bits per heavy atom. The van der Waals surface area contributed by atoms with Gasteiger partial charge in [-0.25, -0.2) is 4.79 Å². The second-order valence-electron chi connectivity index (χ2n) is 3.51. The molecular formula is C13H8BrClO2S. The van der Waals surface area contributed by atoms with Crippen molar-refractivity contribution in [1.29, 1.82) is 0 Å². The minimum atomic E-state index is -0.941. The maximum atomic E-state index is 11.3. The predicted octanol–water partition coefficient (Wildman–Crippen LogP) is 4.79. The lowest BCUT2D eigenvalue weighted by molar-refractivity contribution is -0.130. The van der Waals surface area contributed by atoms with E-state index >= 15 is 0 Å². The second kappa shape index (κ2) is 5.69. The summed E-state index contributed by atoms with van der Waals surface area (Å²) in [6.45, 7) is 0. The summed E-state index contributed by atoms with van der Waals surface area (Å²) < 4.78 is 0.744. The van der Waals surface area contributed by atoms with Gasteiger partial charge in [-0.15, -0.1) is 11.3 Å². The minimum Gasteiger partial charge on any atom is -0.478 e. The van der Waals surface area contributed by atoms with Gasteiger partial charge < -0.3 is 5.11 Å². The first-order valence-electron chi connectivity index (χ1n) is 5.02. The van der Waals surface area contributed by atoms with Crippen LogP contribution in [0.4, 0.5) is 0 Å². The van der Waals surface area contributed by atoms with E-state index in [2.05, 4.69) is 15.9 Å². The van der Waals surface area contributed by atoms with Gasteiger partial charge in [0.2, 0.25) is 0 Å². The topological polar surface area (TPSA) is 37.3 Å². The van der Waals surface area contributed by atoms with Crippen molar-refractivity contribution in [1.82, 2.24) is 0 Å². The minimum absolute atomic E-state index is 0.277. The van der Waals surface area contributed by atoms with E-state index in [1.165, 1.54) is 11.3 Å². The maximum absolute atomic E-state index is 11.3. The third-order valence-corrected chi connectivity index (χ3v) is 4.39. The summed E-state index contributed by atoms with van der Waals surface area (Å²) >= 11 is 10.6. The molecule has 1 aromatic heterocycles. The van der Waals surface area contributed by atoms with Crippen LogP contribution in [0.15, 0.2) is 40.2 Å². The Bertz CT molecular complexity index is 605. The Labute approximate surface area is 122 Å². The van der Waals surface area contributed by atoms with Crippen molar-refractivity contribution in [3.63, 3.8) is 0 Å². The van der Waals surface area contributed by atoms with Crippen molar-refractivity contribution in [2.24, 2.45) is 0 Å². The summed E-state index contributed by atoms with van der Waals surface area (Å²) in [6, 6.07) is 8.91. The predicted molar refractivity (Wildman–Crippen MR) is 79.0 cm³/mol. The fourth-order valence-corrected chi connectivity index (χ4v) is 2.69. The standard InChI is InChI=1S/C13H8BrClO2S/c14-10-7-8(3-4-11(10)15)6-9(13(16)17)12-2-1-5-18-12/h1-7H,(H,16,17)/b9-6+. The van der Waals surface area contributed by atoms with Gasteiger partial charge in [0.15, 0.2) is 0 Å². The molecule has 92 valence electrons. The molecule has 0 saturated carbocycles. The SMILES string of the molecule is O=C(O)/C(=C/c1ccc(Cl)c(Br)c1)c1cccs1. The highest BCUT2D eigenvalue weighted by atomic mass is 79.9. The molecule has 2 nitrogen and oxygen atoms in total. The van der Waals surface area contributed by atoms with E-state index in [-0.39, 0.29) is 5.57 Å². The van der Waals surface area contributed by atoms with Crippen LogP contribution in [-0.2, 0) is 4.79 Å². The molecule has 18 heavy (non-hydrogen) atoms. The zero-order valence-corrected chi connectivity index (χ0v) is 12.2. The van der Waals surface area contributed by atoms with Crippen LogP contribution in [0, 0.1) is 0 Å². The smallest absolute Gasteiger partial charge is 0.337 e. The van der Waals surface area contributed by atoms with Crippen LogP contribution in [0.1, 0.15) is 10.4 Å². The molecule has 0 radical (unpaired) electrons. The van der Waals surface area contributed by atoms with Gasteiger partial charge in [0, 0.05) is 9.35 Å². The quantitative estimate of drug-likeness (QED) is 0.814. The highest BCUT2D eigenvalue weighted by Gasteiger charge is 2.11. The maximum Gasteiger partial charge on any atom is 0.337 e. The second-order valence-corrected chi connectivity index (χ2v) is 5.72. The molecule has 0 amide bonds. The van der Waals surface area contributed by atoms with E-state index in [0.29, 0.717) is 5.02 Å². The number of benzene rings is 1. The summed E-state index contributed by atoms with van der Waals surface area (Å²) in [5.41, 5.74) is 1.07. The fourth-order valence-electron chi connectivity index (χ4n) is 1.44. The molecule has 1 N–H and O–H groups in total. The monoisotopic (exact) mass is 342 g/mol. The van der Waals surface area contributed by atoms with Gasteiger partial charge in [0.1, 0.15) is 0 Å². The first-order valence-corrected chi connectivity index (χ1v) is 7.07. The number of aliphatic carboxylic acids is 1. The van der Waals surface area contributed by atoms with Gasteiger partial charge in [-0.3, -0.25) is 0 Å². The first kappa shape index (κ1) is 13.3. The lowest BCUT2D eigenvalue weighted by atomic mass is 10.1. The normalized spacial score (nSPS) is 11.6. The van der Waals surface area contributed by atoms with E-state index < -0.39 is 5.97 Å². The van der Waals surface area contributed by atoms with Crippen LogP contribution < -0.4 is 0 Å². The summed E-state index contributed by atoms with van der Waals surface area (Å²) in [5, 5.41) is 11.7. The Morgan fingerprint density at radius 2 is 2.17 bits per heavy atom. The van der Waals surface area contributed by atoms with Crippen LogP contribution in [0.3, 0.4) is 0 Å². The van der Waals surface area contributed by atoms with Gasteiger partial charge in [-0.05, 0) is 51.1 Å². The van der Waals surface area contributed by atoms with E-state index in [4.69, 9.17) is 11.6 Å². The molecule has 1 heterocycles. The van der Waals surface area contributed by atoms with E-state index in [9.17, 15) is 9.90 Å². The van der Waals surface area contributed by atoms with Crippen LogP contribution >= 0.6 is 38.9 Å². The largest absolute Gasteiger partial charge is 0.478 e. The zero-order chi connectivity index (χ0) is 13.1. The fraction of sp³-hybridized carbons (Fsp3) is 0. The number of carboxylic acids is 1. The van der Waals surface area contributed by atoms with Crippen molar-refractivity contribution >= 4 is 56.5 Å². The molecule has 2 aromatic rings. The average Bonchev–Trinajstić information content (AvgIpc) is 2.83. The van der Waals surface area contributed by atoms with Crippen molar-refractivity contribution in [2.75, 3.05) is 0 Å². The Hall–Kier alpha value is -1.10. The Kier molecular flexibility index (Phi) is 4.22. The number of hydrogen-bond donors (Lipinski definition) is 1.